The minimum absolute atomic E-state index is 0.0118. The molecule has 9 N–H and O–H groups in total. The second-order valence-electron chi connectivity index (χ2n) is 25.2. The number of hydrogen-bond donors (Lipinski definition) is 9. The number of cyclic esters (lactones) is 1. The van der Waals surface area contributed by atoms with E-state index in [1.54, 1.807) is 31.2 Å². The molecule has 13 nitrogen and oxygen atoms in total. The highest BCUT2D eigenvalue weighted by molar-refractivity contribution is 6.01. The molecule has 0 radical (unpaired) electrons. The van der Waals surface area contributed by atoms with Crippen molar-refractivity contribution in [3.05, 3.63) is 76.8 Å². The Hall–Kier alpha value is -4.29. The number of ketones is 2. The van der Waals surface area contributed by atoms with Gasteiger partial charge in [-0.1, -0.05) is 57.4 Å². The van der Waals surface area contributed by atoms with Gasteiger partial charge in [-0.25, -0.2) is 0 Å². The molecule has 1 saturated heterocycles. The number of fused-ring (bicyclic) bond motifs is 10. The van der Waals surface area contributed by atoms with Crippen LogP contribution < -0.4 is 5.32 Å². The topological polar surface area (TPSA) is 230 Å². The summed E-state index contributed by atoms with van der Waals surface area (Å²) in [7, 11) is 0. The van der Waals surface area contributed by atoms with Crippen LogP contribution in [0.3, 0.4) is 0 Å². The van der Waals surface area contributed by atoms with Crippen LogP contribution in [0.15, 0.2) is 65.6 Å². The Morgan fingerprint density at radius 2 is 1.70 bits per heavy atom. The number of nitrogens with one attached hydrogen (secondary N) is 2. The number of allylic oxidation sites excluding steroid dienone is 3. The van der Waals surface area contributed by atoms with Gasteiger partial charge in [0.2, 0.25) is 0 Å². The van der Waals surface area contributed by atoms with Crippen LogP contribution in [0.1, 0.15) is 135 Å². The second-order valence-corrected chi connectivity index (χ2v) is 25.2. The number of rotatable bonds is 9. The molecule has 13 heteroatoms. The van der Waals surface area contributed by atoms with Crippen molar-refractivity contribution >= 4 is 17.5 Å². The van der Waals surface area contributed by atoms with Crippen molar-refractivity contribution in [2.45, 2.75) is 166 Å². The fourth-order valence-electron chi connectivity index (χ4n) is 17.2. The van der Waals surface area contributed by atoms with E-state index in [4.69, 9.17) is 4.74 Å². The number of carbonyl (C=O) groups excluding carboxylic acids is 3. The molecule has 0 bridgehead atoms. The molecule has 1 aromatic heterocycles. The van der Waals surface area contributed by atoms with E-state index in [9.17, 15) is 45.3 Å². The predicted molar refractivity (Wildman–Crippen MR) is 273 cm³/mol. The lowest BCUT2D eigenvalue weighted by Gasteiger charge is -2.61. The fourth-order valence-corrected chi connectivity index (χ4v) is 17.2. The number of aromatic nitrogens is 1. The average Bonchev–Trinajstić information content (AvgIpc) is 4.08. The number of Topliss-reactive ketones (excluding diaryl/α,β-unsaturated/α-hetero) is 2. The summed E-state index contributed by atoms with van der Waals surface area (Å²) >= 11 is 0. The van der Waals surface area contributed by atoms with Gasteiger partial charge in [0.25, 0.3) is 0 Å². The van der Waals surface area contributed by atoms with Gasteiger partial charge in [-0.3, -0.25) is 14.4 Å². The smallest absolute Gasteiger partial charge is 0.313 e. The molecule has 1 aromatic carbocycles. The number of phenolic OH excluding ortho intramolecular Hbond substituents is 1. The number of carbonyl (C=O) groups is 3. The van der Waals surface area contributed by atoms with Crippen LogP contribution in [-0.4, -0.2) is 107 Å². The monoisotopic (exact) mass is 1000 g/mol. The van der Waals surface area contributed by atoms with Gasteiger partial charge < -0.3 is 50.8 Å². The van der Waals surface area contributed by atoms with Gasteiger partial charge in [0.15, 0.2) is 11.6 Å². The highest BCUT2D eigenvalue weighted by Crippen LogP contribution is 2.71. The van der Waals surface area contributed by atoms with Gasteiger partial charge in [-0.15, -0.1) is 5.92 Å². The SMILES string of the molecule is C[C@H]1CCC2=CC[C@@H]3[C@H](C[C@H]([C@H]4COC(=O)[C@H]4c4cc[nH]c4)C#CC[C@H]4C[C@@]5(O)C6=C(N[C@@H](CO)C(=O)CCc7ccc(O)cc7)C(=O)[C@@H]7C[C@@H](O)[C@@H](O)C[C@]7(C)[C@H]6CC[C@]5(C)[C@H]4[C@@](C)(O)[C@H](O)C[C@H]3C)[C@H]2C1. The summed E-state index contributed by atoms with van der Waals surface area (Å²) in [6.45, 7) is 9.81. The van der Waals surface area contributed by atoms with Crippen molar-refractivity contribution in [3.8, 4) is 17.6 Å². The number of benzene rings is 1. The standard InChI is InChI=1S/C60H80N2O11/c1-32-9-13-35-14-17-40-33(2)24-50(68)59(5,71)55-37(8-6-7-36(25-42(40)41(35)23-32)43-31-73-56(70)51(43)38-20-22-61-29-38)27-60(72)52-44(19-21-58(55,60)4)57(3)28-49(67)48(66)26-45(57)54(69)53(52)62-46(30-63)47(65)18-12-34-10-15-39(64)16-11-34/h10-11,14-16,20,22,29,32-33,36-37,40-46,48-51,55,61-64,66-68,71-72H,8-9,12-13,17-19,21,23-28,30-31H2,1-5H3/t32-,33+,36+,37-,40-,41-,42-,43+,44-,45-,46-,48+,49-,50+,51-,55-,57+,58+,59-,60+/m0/s1. The van der Waals surface area contributed by atoms with Crippen molar-refractivity contribution < 1.29 is 54.9 Å². The molecule has 8 aliphatic rings. The molecule has 396 valence electrons. The number of ether oxygens (including phenoxy) is 1. The Balaban J connectivity index is 1.07. The Kier molecular flexibility index (Phi) is 14.1. The number of esters is 1. The van der Waals surface area contributed by atoms with Crippen LogP contribution >= 0.6 is 0 Å². The Labute approximate surface area is 430 Å². The summed E-state index contributed by atoms with van der Waals surface area (Å²) in [6.07, 6.45) is 9.56. The number of aryl methyl sites for hydroxylation is 1. The third-order valence-electron chi connectivity index (χ3n) is 21.1. The number of H-pyrrole nitrogens is 1. The molecule has 10 rings (SSSR count). The molecule has 0 amide bonds. The van der Waals surface area contributed by atoms with E-state index < -0.39 is 88.4 Å². The molecule has 4 saturated carbocycles. The molecule has 20 atom stereocenters. The largest absolute Gasteiger partial charge is 0.508 e. The van der Waals surface area contributed by atoms with E-state index in [1.807, 2.05) is 32.3 Å². The number of aromatic hydroxyl groups is 1. The zero-order valence-corrected chi connectivity index (χ0v) is 43.4. The molecule has 1 aliphatic heterocycles. The highest BCUT2D eigenvalue weighted by Gasteiger charge is 2.73. The third-order valence-corrected chi connectivity index (χ3v) is 21.1. The molecule has 73 heavy (non-hydrogen) atoms. The van der Waals surface area contributed by atoms with Gasteiger partial charge in [-0.2, -0.15) is 0 Å². The van der Waals surface area contributed by atoms with E-state index in [0.29, 0.717) is 43.1 Å². The van der Waals surface area contributed by atoms with E-state index in [1.165, 1.54) is 5.57 Å². The van der Waals surface area contributed by atoms with Crippen molar-refractivity contribution in [1.82, 2.24) is 10.3 Å². The zero-order chi connectivity index (χ0) is 51.9. The van der Waals surface area contributed by atoms with E-state index >= 15 is 4.79 Å². The van der Waals surface area contributed by atoms with Crippen LogP contribution in [0.4, 0.5) is 0 Å². The summed E-state index contributed by atoms with van der Waals surface area (Å²) in [5, 5.41) is 86.5. The lowest BCUT2D eigenvalue weighted by atomic mass is 9.45. The van der Waals surface area contributed by atoms with E-state index in [2.05, 4.69) is 42.1 Å². The first-order chi connectivity index (χ1) is 34.7. The van der Waals surface area contributed by atoms with Crippen molar-refractivity contribution in [3.63, 3.8) is 0 Å². The number of aliphatic hydroxyl groups excluding tert-OH is 4. The highest BCUT2D eigenvalue weighted by atomic mass is 16.5. The Bertz CT molecular complexity index is 2540. The van der Waals surface area contributed by atoms with Crippen LogP contribution in [0.2, 0.25) is 0 Å². The van der Waals surface area contributed by atoms with Crippen LogP contribution in [0.5, 0.6) is 5.75 Å². The summed E-state index contributed by atoms with van der Waals surface area (Å²) in [4.78, 5) is 46.3. The number of phenols is 1. The molecule has 0 unspecified atom stereocenters. The van der Waals surface area contributed by atoms with Crippen molar-refractivity contribution in [1.29, 1.82) is 0 Å². The normalized spacial score (nSPS) is 43.9. The third kappa shape index (κ3) is 8.85. The summed E-state index contributed by atoms with van der Waals surface area (Å²) in [6, 6.07) is 7.26. The average molecular weight is 1010 g/mol. The van der Waals surface area contributed by atoms with Gasteiger partial charge in [0.1, 0.15) is 11.8 Å². The van der Waals surface area contributed by atoms with Crippen LogP contribution in [-0.2, 0) is 25.5 Å². The minimum atomic E-state index is -1.79. The van der Waals surface area contributed by atoms with Crippen LogP contribution in [0, 0.1) is 87.8 Å². The molecule has 7 aliphatic carbocycles. The van der Waals surface area contributed by atoms with Gasteiger partial charge in [-0.05, 0) is 166 Å². The minimum Gasteiger partial charge on any atom is -0.508 e. The molecular formula is C60H80N2O11. The first-order valence-corrected chi connectivity index (χ1v) is 27.6. The summed E-state index contributed by atoms with van der Waals surface area (Å²) < 4.78 is 5.90. The maximum atomic E-state index is 15.4. The van der Waals surface area contributed by atoms with Gasteiger partial charge in [0, 0.05) is 54.3 Å². The predicted octanol–water partition coefficient (Wildman–Crippen LogP) is 6.44. The number of hydrogen-bond acceptors (Lipinski definition) is 12. The first kappa shape index (κ1) is 52.2. The summed E-state index contributed by atoms with van der Waals surface area (Å²) in [5.74, 6) is 4.43. The van der Waals surface area contributed by atoms with Gasteiger partial charge >= 0.3 is 5.97 Å². The molecule has 0 spiro atoms. The molecule has 2 aromatic rings. The summed E-state index contributed by atoms with van der Waals surface area (Å²) in [5.41, 5.74) is -1.92. The van der Waals surface area contributed by atoms with E-state index in [0.717, 1.165) is 43.2 Å². The van der Waals surface area contributed by atoms with Crippen molar-refractivity contribution in [2.75, 3.05) is 13.2 Å². The maximum Gasteiger partial charge on any atom is 0.313 e. The van der Waals surface area contributed by atoms with Crippen molar-refractivity contribution in [2.24, 2.45) is 75.9 Å². The number of aliphatic hydroxyl groups is 6. The molecule has 5 fully saturated rings. The lowest BCUT2D eigenvalue weighted by molar-refractivity contribution is -0.183. The van der Waals surface area contributed by atoms with Gasteiger partial charge in [0.05, 0.1) is 54.3 Å². The Morgan fingerprint density at radius 1 is 0.932 bits per heavy atom. The lowest BCUT2D eigenvalue weighted by Crippen LogP contribution is -2.65. The maximum absolute atomic E-state index is 15.4. The fraction of sp³-hybridized carbons (Fsp3) is 0.683. The first-order valence-electron chi connectivity index (χ1n) is 27.6. The molecular weight excluding hydrogens is 925 g/mol. The molecule has 2 heterocycles. The zero-order valence-electron chi connectivity index (χ0n) is 43.4. The second kappa shape index (κ2) is 19.7. The number of aromatic amines is 1. The quantitative estimate of drug-likeness (QED) is 0.0752. The van der Waals surface area contributed by atoms with E-state index in [-0.39, 0.29) is 91.5 Å². The van der Waals surface area contributed by atoms with Crippen LogP contribution in [0.25, 0.3) is 0 Å². The Morgan fingerprint density at radius 3 is 2.42 bits per heavy atom.